The minimum Gasteiger partial charge on any atom is -0.435 e. The molecule has 0 radical (unpaired) electrons. The van der Waals surface area contributed by atoms with Crippen LogP contribution in [0.15, 0.2) is 30.3 Å². The Kier molecular flexibility index (Phi) is 5.83. The molecule has 2 rings (SSSR count). The third-order valence-corrected chi connectivity index (χ3v) is 5.32. The highest BCUT2D eigenvalue weighted by Crippen LogP contribution is 2.39. The second-order valence-electron chi connectivity index (χ2n) is 6.59. The van der Waals surface area contributed by atoms with Crippen LogP contribution in [0.2, 0.25) is 0 Å². The Balaban J connectivity index is 2.30. The molecule has 0 saturated carbocycles. The summed E-state index contributed by atoms with van der Waals surface area (Å²) in [5, 5.41) is 9.66. The predicted molar refractivity (Wildman–Crippen MR) is 89.3 cm³/mol. The average molecular weight is 376 g/mol. The van der Waals surface area contributed by atoms with Crippen molar-refractivity contribution in [1.29, 1.82) is 0 Å². The number of imide groups is 1. The van der Waals surface area contributed by atoms with Crippen LogP contribution in [0.25, 0.3) is 0 Å². The van der Waals surface area contributed by atoms with E-state index in [-0.39, 0.29) is 12.5 Å². The number of amides is 2. The minimum atomic E-state index is -4.81. The summed E-state index contributed by atoms with van der Waals surface area (Å²) >= 11 is 3.64. The molecule has 1 N–H and O–H groups in total. The van der Waals surface area contributed by atoms with Crippen LogP contribution in [0.4, 0.5) is 18.0 Å². The van der Waals surface area contributed by atoms with Crippen LogP contribution in [0, 0.1) is 11.8 Å². The van der Waals surface area contributed by atoms with Gasteiger partial charge in [0.2, 0.25) is 0 Å². The third kappa shape index (κ3) is 3.84. The maximum Gasteiger partial charge on any atom is 0.521 e. The van der Waals surface area contributed by atoms with Gasteiger partial charge in [0.05, 0.1) is 6.54 Å². The van der Waals surface area contributed by atoms with Crippen molar-refractivity contribution in [1.82, 2.24) is 0 Å². The van der Waals surface area contributed by atoms with E-state index in [0.717, 1.165) is 5.56 Å². The van der Waals surface area contributed by atoms with Crippen LogP contribution in [-0.2, 0) is 11.2 Å². The van der Waals surface area contributed by atoms with Gasteiger partial charge in [-0.05, 0) is 18.9 Å². The maximum atomic E-state index is 13.2. The van der Waals surface area contributed by atoms with Gasteiger partial charge in [0, 0.05) is 18.1 Å². The van der Waals surface area contributed by atoms with Crippen LogP contribution in [0.1, 0.15) is 18.9 Å². The molecule has 1 aromatic rings. The van der Waals surface area contributed by atoms with E-state index in [1.54, 1.807) is 0 Å². The number of quaternary nitrogens is 1. The number of carboxylic acid groups (broad SMARTS) is 1. The van der Waals surface area contributed by atoms with Crippen LogP contribution in [0.3, 0.4) is 0 Å². The maximum absolute atomic E-state index is 13.2. The van der Waals surface area contributed by atoms with Crippen LogP contribution in [-0.4, -0.2) is 46.1 Å². The highest BCUT2D eigenvalue weighted by molar-refractivity contribution is 7.80. The molecule has 2 amide bonds. The molecule has 2 unspecified atom stereocenters. The number of likely N-dealkylation sites (tertiary alicyclic amines) is 1. The molecule has 1 aliphatic heterocycles. The third-order valence-electron chi connectivity index (χ3n) is 4.95. The molecule has 1 aliphatic rings. The van der Waals surface area contributed by atoms with E-state index < -0.39 is 40.4 Å². The van der Waals surface area contributed by atoms with Crippen molar-refractivity contribution in [2.75, 3.05) is 12.3 Å². The smallest absolute Gasteiger partial charge is 0.435 e. The molecule has 1 aromatic carbocycles. The van der Waals surface area contributed by atoms with E-state index in [4.69, 9.17) is 0 Å². The summed E-state index contributed by atoms with van der Waals surface area (Å²) in [7, 11) is 0. The fraction of sp³-hybridized carbons (Fsp3) is 0.529. The number of halogens is 3. The molecule has 4 atom stereocenters. The lowest BCUT2D eigenvalue weighted by atomic mass is 9.97. The summed E-state index contributed by atoms with van der Waals surface area (Å²) in [6.45, 7) is 1.40. The molecule has 8 heteroatoms. The summed E-state index contributed by atoms with van der Waals surface area (Å²) in [6.07, 6.45) is -5.42. The van der Waals surface area contributed by atoms with Gasteiger partial charge in [0.1, 0.15) is 6.04 Å². The number of thiol groups is 1. The standard InChI is InChI=1S/C17H20F3NO3S/c1-11-7-13(8-12-5-3-2-4-6-12)9-21(11,16(23)24)15(22)14(10-25)17(18,19)20/h2-6,11,13-14H,7-10H2,1H3,(H-,23,24,25)/p+1/t11?,13-,14?,21+/m1/s1. The molecule has 1 heterocycles. The molecular formula is C17H21F3NO3S+. The monoisotopic (exact) mass is 376 g/mol. The normalized spacial score (nSPS) is 27.9. The summed E-state index contributed by atoms with van der Waals surface area (Å²) < 4.78 is 38.3. The van der Waals surface area contributed by atoms with Crippen molar-refractivity contribution in [2.24, 2.45) is 11.8 Å². The van der Waals surface area contributed by atoms with Crippen molar-refractivity contribution in [3.8, 4) is 0 Å². The number of benzene rings is 1. The van der Waals surface area contributed by atoms with E-state index in [2.05, 4.69) is 12.6 Å². The van der Waals surface area contributed by atoms with Gasteiger partial charge in [0.25, 0.3) is 0 Å². The first-order valence-electron chi connectivity index (χ1n) is 8.00. The Morgan fingerprint density at radius 2 is 1.92 bits per heavy atom. The fourth-order valence-corrected chi connectivity index (χ4v) is 4.05. The second kappa shape index (κ2) is 7.37. The van der Waals surface area contributed by atoms with E-state index >= 15 is 0 Å². The summed E-state index contributed by atoms with van der Waals surface area (Å²) in [5.41, 5.74) is 0.971. The number of nitrogens with zero attached hydrogens (tertiary/aromatic N) is 1. The Hall–Kier alpha value is -1.54. The Labute approximate surface area is 149 Å². The minimum absolute atomic E-state index is 0.134. The number of rotatable bonds is 4. The first-order valence-corrected chi connectivity index (χ1v) is 8.63. The SMILES string of the molecule is CC1C[C@H](Cc2ccccc2)C[N@@+]1(C(=O)O)C(=O)C(CS)C(F)(F)F. The average Bonchev–Trinajstić information content (AvgIpc) is 2.84. The quantitative estimate of drug-likeness (QED) is 0.621. The van der Waals surface area contributed by atoms with Crippen molar-refractivity contribution in [2.45, 2.75) is 32.0 Å². The van der Waals surface area contributed by atoms with Gasteiger partial charge in [-0.3, -0.25) is 0 Å². The van der Waals surface area contributed by atoms with Gasteiger partial charge in [-0.2, -0.15) is 35.1 Å². The number of hydrogen-bond donors (Lipinski definition) is 2. The number of hydrogen-bond acceptors (Lipinski definition) is 3. The van der Waals surface area contributed by atoms with E-state index in [0.29, 0.717) is 12.8 Å². The van der Waals surface area contributed by atoms with Gasteiger partial charge in [-0.25, -0.2) is 4.79 Å². The van der Waals surface area contributed by atoms with Crippen molar-refractivity contribution in [3.05, 3.63) is 35.9 Å². The van der Waals surface area contributed by atoms with Gasteiger partial charge >= 0.3 is 18.2 Å². The van der Waals surface area contributed by atoms with Gasteiger partial charge in [-0.1, -0.05) is 30.3 Å². The predicted octanol–water partition coefficient (Wildman–Crippen LogP) is 3.77. The fourth-order valence-electron chi connectivity index (χ4n) is 3.69. The molecule has 1 fully saturated rings. The molecule has 1 saturated heterocycles. The Morgan fingerprint density at radius 3 is 2.40 bits per heavy atom. The van der Waals surface area contributed by atoms with E-state index in [1.165, 1.54) is 6.92 Å². The molecule has 4 nitrogen and oxygen atoms in total. The Bertz CT molecular complexity index is 638. The lowest BCUT2D eigenvalue weighted by Gasteiger charge is -2.33. The molecule has 0 bridgehead atoms. The van der Waals surface area contributed by atoms with Crippen LogP contribution in [0.5, 0.6) is 0 Å². The zero-order valence-corrected chi connectivity index (χ0v) is 14.6. The molecule has 138 valence electrons. The lowest BCUT2D eigenvalue weighted by Crippen LogP contribution is -2.62. The van der Waals surface area contributed by atoms with Crippen LogP contribution >= 0.6 is 12.6 Å². The first-order chi connectivity index (χ1) is 11.6. The highest BCUT2D eigenvalue weighted by atomic mass is 32.1. The van der Waals surface area contributed by atoms with E-state index in [9.17, 15) is 27.9 Å². The molecule has 0 spiro atoms. The van der Waals surface area contributed by atoms with Crippen molar-refractivity contribution >= 4 is 24.6 Å². The molecule has 25 heavy (non-hydrogen) atoms. The summed E-state index contributed by atoms with van der Waals surface area (Å²) in [4.78, 5) is 24.5. The molecule has 0 aromatic heterocycles. The van der Waals surface area contributed by atoms with Crippen molar-refractivity contribution in [3.63, 3.8) is 0 Å². The van der Waals surface area contributed by atoms with E-state index in [1.807, 2.05) is 30.3 Å². The molecular weight excluding hydrogens is 355 g/mol. The zero-order valence-electron chi connectivity index (χ0n) is 13.7. The highest BCUT2D eigenvalue weighted by Gasteiger charge is 2.62. The molecule has 0 aliphatic carbocycles. The van der Waals surface area contributed by atoms with Gasteiger partial charge in [-0.15, -0.1) is 0 Å². The number of carbonyl (C=O) groups is 2. The Morgan fingerprint density at radius 1 is 1.32 bits per heavy atom. The largest absolute Gasteiger partial charge is 0.521 e. The summed E-state index contributed by atoms with van der Waals surface area (Å²) in [6, 6.07) is 8.59. The zero-order chi connectivity index (χ0) is 18.8. The van der Waals surface area contributed by atoms with Crippen LogP contribution < -0.4 is 0 Å². The first kappa shape index (κ1) is 19.8. The topological polar surface area (TPSA) is 54.4 Å². The number of alkyl halides is 3. The van der Waals surface area contributed by atoms with Crippen molar-refractivity contribution < 1.29 is 32.3 Å². The van der Waals surface area contributed by atoms with Gasteiger partial charge in [0.15, 0.2) is 5.92 Å². The second-order valence-corrected chi connectivity index (χ2v) is 6.95. The summed E-state index contributed by atoms with van der Waals surface area (Å²) in [5.74, 6) is -4.64. The van der Waals surface area contributed by atoms with Gasteiger partial charge < -0.3 is 5.11 Å². The number of carbonyl (C=O) groups excluding carboxylic acids is 1. The lowest BCUT2D eigenvalue weighted by molar-refractivity contribution is -0.796.